The van der Waals surface area contributed by atoms with E-state index >= 15 is 0 Å². The Hall–Kier alpha value is -4.79. The van der Waals surface area contributed by atoms with E-state index in [9.17, 15) is 14.4 Å². The van der Waals surface area contributed by atoms with Crippen molar-refractivity contribution in [3.05, 3.63) is 89.9 Å². The summed E-state index contributed by atoms with van der Waals surface area (Å²) in [4.78, 5) is 52.0. The van der Waals surface area contributed by atoms with E-state index in [0.717, 1.165) is 70.4 Å². The molecule has 6 rings (SSSR count). The quantitative estimate of drug-likeness (QED) is 0.0874. The number of carbonyl (C=O) groups excluding carboxylic acids is 3. The van der Waals surface area contributed by atoms with E-state index in [0.29, 0.717) is 29.2 Å². The van der Waals surface area contributed by atoms with Crippen LogP contribution in [0.1, 0.15) is 135 Å². The number of aromatic amines is 3. The number of rotatable bonds is 12. The average molecular weight is 735 g/mol. The Labute approximate surface area is 319 Å². The Morgan fingerprint density at radius 2 is 1.59 bits per heavy atom. The second-order valence-corrected chi connectivity index (χ2v) is 15.8. The number of nitrogens with one attached hydrogen (secondary N) is 4. The van der Waals surface area contributed by atoms with Gasteiger partial charge >= 0.3 is 11.9 Å². The molecule has 0 amide bonds. The van der Waals surface area contributed by atoms with Crippen molar-refractivity contribution in [2.45, 2.75) is 107 Å². The second kappa shape index (κ2) is 15.9. The summed E-state index contributed by atoms with van der Waals surface area (Å²) in [6.45, 7) is 19.5. The molecule has 4 N–H and O–H groups in total. The number of allylic oxidation sites excluding steroid dienone is 3. The van der Waals surface area contributed by atoms with Gasteiger partial charge < -0.3 is 29.7 Å². The standard InChI is InChI=1S/C45H58N4O5/c1-11-29-25(6)32-20-34-27(8)31(16-17-38(50)54-19-18-24(5)15-13-14-23(3)4)42(48-34)40-41(45(52)53-10)44(51)39-28(9)35(49-43(39)40)22-37-30(12-2)26(7)33(47-37)21-36(29)46-32/h18,20-23,27,31,41,46-49H,11-17,19H2,1-10H3/b24-18+,33-21-,34-20-,37-22-,42-40-/t27-,31-,41+/m0/s1. The Balaban J connectivity index is 1.47. The molecule has 5 heterocycles. The highest BCUT2D eigenvalue weighted by Crippen LogP contribution is 2.48. The minimum absolute atomic E-state index is 0.0567. The Morgan fingerprint density at radius 3 is 2.28 bits per heavy atom. The van der Waals surface area contributed by atoms with Crippen molar-refractivity contribution in [1.29, 1.82) is 0 Å². The van der Waals surface area contributed by atoms with Crippen LogP contribution in [0.3, 0.4) is 0 Å². The summed E-state index contributed by atoms with van der Waals surface area (Å²) in [5.74, 6) is -1.85. The fourth-order valence-electron chi connectivity index (χ4n) is 8.74. The molecule has 1 fully saturated rings. The molecule has 3 aliphatic rings. The first-order chi connectivity index (χ1) is 25.8. The molecule has 54 heavy (non-hydrogen) atoms. The summed E-state index contributed by atoms with van der Waals surface area (Å²) < 4.78 is 11.0. The largest absolute Gasteiger partial charge is 0.468 e. The summed E-state index contributed by atoms with van der Waals surface area (Å²) in [5, 5.41) is 5.73. The highest BCUT2D eigenvalue weighted by molar-refractivity contribution is 6.24. The molecule has 0 radical (unpaired) electrons. The maximum Gasteiger partial charge on any atom is 0.321 e. The fourth-order valence-corrected chi connectivity index (χ4v) is 8.74. The minimum Gasteiger partial charge on any atom is -0.468 e. The molecule has 2 aliphatic heterocycles. The van der Waals surface area contributed by atoms with Crippen LogP contribution in [0.2, 0.25) is 0 Å². The molecule has 0 unspecified atom stereocenters. The first-order valence-corrected chi connectivity index (χ1v) is 19.8. The number of aromatic nitrogens is 3. The van der Waals surface area contributed by atoms with E-state index in [1.54, 1.807) is 0 Å². The SMILES string of the molecule is CCc1c2[nH]c(c1C)/C=C1\N/C(=C3\c4[nH]c(c(C)c4C(=O)[C@@H]3C(=O)OC)/C=c3\[nH]/c(c(C)c3CC)=C\2)[C@@H](CCC(=O)OC/C=C(\C)CCCC(C)C)[C@@H]1C. The molecular weight excluding hydrogens is 677 g/mol. The zero-order chi connectivity index (χ0) is 39.0. The number of ketones is 1. The van der Waals surface area contributed by atoms with E-state index in [2.05, 4.69) is 93.9 Å². The van der Waals surface area contributed by atoms with Crippen molar-refractivity contribution in [3.8, 4) is 0 Å². The number of ether oxygens (including phenoxy) is 2. The first-order valence-electron chi connectivity index (χ1n) is 19.8. The molecule has 288 valence electrons. The van der Waals surface area contributed by atoms with E-state index < -0.39 is 11.9 Å². The topological polar surface area (TPSA) is 129 Å². The van der Waals surface area contributed by atoms with E-state index in [-0.39, 0.29) is 36.6 Å². The first kappa shape index (κ1) is 38.9. The van der Waals surface area contributed by atoms with Gasteiger partial charge in [-0.25, -0.2) is 0 Å². The number of carbonyl (C=O) groups is 3. The maximum absolute atomic E-state index is 14.3. The van der Waals surface area contributed by atoms with Crippen LogP contribution in [-0.4, -0.2) is 46.4 Å². The molecule has 1 aliphatic carbocycles. The number of esters is 2. The lowest BCUT2D eigenvalue weighted by Crippen LogP contribution is -2.25. The molecule has 3 aromatic rings. The number of fused-ring (bicyclic) bond motifs is 7. The number of methoxy groups -OCH3 is 1. The van der Waals surface area contributed by atoms with Crippen LogP contribution in [0, 0.1) is 44.4 Å². The van der Waals surface area contributed by atoms with Crippen LogP contribution in [0.15, 0.2) is 23.0 Å². The predicted octanol–water partition coefficient (Wildman–Crippen LogP) is 7.38. The van der Waals surface area contributed by atoms with Crippen LogP contribution in [0.4, 0.5) is 0 Å². The van der Waals surface area contributed by atoms with Gasteiger partial charge in [0, 0.05) is 68.6 Å². The molecular formula is C45H58N4O5. The highest BCUT2D eigenvalue weighted by atomic mass is 16.5. The van der Waals surface area contributed by atoms with Crippen molar-refractivity contribution in [1.82, 2.24) is 20.3 Å². The molecule has 3 aromatic heterocycles. The molecule has 1 saturated heterocycles. The van der Waals surface area contributed by atoms with E-state index in [4.69, 9.17) is 9.47 Å². The van der Waals surface area contributed by atoms with Crippen molar-refractivity contribution in [2.75, 3.05) is 13.7 Å². The summed E-state index contributed by atoms with van der Waals surface area (Å²) in [6.07, 6.45) is 14.1. The number of H-pyrrole nitrogens is 3. The number of hydrogen-bond donors (Lipinski definition) is 4. The highest BCUT2D eigenvalue weighted by Gasteiger charge is 2.48. The van der Waals surface area contributed by atoms with Gasteiger partial charge in [-0.3, -0.25) is 14.4 Å². The summed E-state index contributed by atoms with van der Waals surface area (Å²) in [5.41, 5.74) is 13.2. The van der Waals surface area contributed by atoms with Crippen LogP contribution in [-0.2, 0) is 31.9 Å². The van der Waals surface area contributed by atoms with Crippen LogP contribution in [0.5, 0.6) is 0 Å². The van der Waals surface area contributed by atoms with Crippen LogP contribution < -0.4 is 16.0 Å². The number of Topliss-reactive ketones (excluding diaryl/α,β-unsaturated/α-hetero) is 1. The molecule has 0 aromatic carbocycles. The average Bonchev–Trinajstić information content (AvgIpc) is 3.87. The van der Waals surface area contributed by atoms with E-state index in [1.165, 1.54) is 41.4 Å². The van der Waals surface area contributed by atoms with Gasteiger partial charge in [0.1, 0.15) is 12.5 Å². The molecule has 0 spiro atoms. The van der Waals surface area contributed by atoms with Gasteiger partial charge in [-0.2, -0.15) is 0 Å². The van der Waals surface area contributed by atoms with Crippen molar-refractivity contribution < 1.29 is 23.9 Å². The molecule has 8 bridgehead atoms. The molecule has 3 atom stereocenters. The third kappa shape index (κ3) is 7.21. The van der Waals surface area contributed by atoms with Crippen LogP contribution in [0.25, 0.3) is 23.8 Å². The third-order valence-corrected chi connectivity index (χ3v) is 12.0. The third-order valence-electron chi connectivity index (χ3n) is 12.0. The fraction of sp³-hybridized carbons (Fsp3) is 0.489. The van der Waals surface area contributed by atoms with Gasteiger partial charge in [0.2, 0.25) is 0 Å². The summed E-state index contributed by atoms with van der Waals surface area (Å²) in [7, 11) is 1.32. The predicted molar refractivity (Wildman–Crippen MR) is 215 cm³/mol. The monoisotopic (exact) mass is 734 g/mol. The van der Waals surface area contributed by atoms with Gasteiger partial charge in [0.05, 0.1) is 12.8 Å². The number of hydrogen-bond acceptors (Lipinski definition) is 6. The Bertz CT molecular complexity index is 2200. The zero-order valence-corrected chi connectivity index (χ0v) is 33.8. The Kier molecular flexibility index (Phi) is 11.5. The maximum atomic E-state index is 14.3. The van der Waals surface area contributed by atoms with Crippen LogP contribution >= 0.6 is 0 Å². The summed E-state index contributed by atoms with van der Waals surface area (Å²) >= 11 is 0. The van der Waals surface area contributed by atoms with Crippen molar-refractivity contribution in [3.63, 3.8) is 0 Å². The minimum atomic E-state index is -1.12. The van der Waals surface area contributed by atoms with Gasteiger partial charge in [-0.05, 0) is 118 Å². The zero-order valence-electron chi connectivity index (χ0n) is 33.8. The van der Waals surface area contributed by atoms with Gasteiger partial charge in [-0.1, -0.05) is 46.6 Å². The smallest absolute Gasteiger partial charge is 0.321 e. The van der Waals surface area contributed by atoms with Crippen molar-refractivity contribution >= 4 is 41.5 Å². The van der Waals surface area contributed by atoms with Crippen molar-refractivity contribution in [2.24, 2.45) is 23.7 Å². The second-order valence-electron chi connectivity index (χ2n) is 15.8. The summed E-state index contributed by atoms with van der Waals surface area (Å²) in [6, 6.07) is 0. The lowest BCUT2D eigenvalue weighted by atomic mass is 9.85. The Morgan fingerprint density at radius 1 is 0.889 bits per heavy atom. The lowest BCUT2D eigenvalue weighted by molar-refractivity contribution is -0.143. The van der Waals surface area contributed by atoms with Gasteiger partial charge in [0.15, 0.2) is 5.78 Å². The van der Waals surface area contributed by atoms with Gasteiger partial charge in [-0.15, -0.1) is 0 Å². The molecule has 9 nitrogen and oxygen atoms in total. The molecule has 0 saturated carbocycles. The van der Waals surface area contributed by atoms with E-state index in [1.807, 2.05) is 13.0 Å². The lowest BCUT2D eigenvalue weighted by Gasteiger charge is -2.19. The normalized spacial score (nSPS) is 22.7. The molecule has 9 heteroatoms. The van der Waals surface area contributed by atoms with Gasteiger partial charge in [0.25, 0.3) is 0 Å².